The molecule has 2 aliphatic heterocycles. The smallest absolute Gasteiger partial charge is 0.193 e. The molecule has 0 bridgehead atoms. The summed E-state index contributed by atoms with van der Waals surface area (Å²) < 4.78 is 5.45. The van der Waals surface area contributed by atoms with Crippen molar-refractivity contribution in [3.8, 4) is 0 Å². The number of benzene rings is 2. The van der Waals surface area contributed by atoms with Crippen LogP contribution in [0.15, 0.2) is 59.6 Å². The highest BCUT2D eigenvalue weighted by molar-refractivity contribution is 14.0. The van der Waals surface area contributed by atoms with E-state index in [0.717, 1.165) is 58.4 Å². The molecule has 1 N–H and O–H groups in total. The molecule has 6 heteroatoms. The van der Waals surface area contributed by atoms with Crippen LogP contribution in [0.1, 0.15) is 29.0 Å². The van der Waals surface area contributed by atoms with Crippen LogP contribution in [0.3, 0.4) is 0 Å². The molecule has 0 spiro atoms. The van der Waals surface area contributed by atoms with E-state index < -0.39 is 0 Å². The molecule has 2 aliphatic rings. The zero-order valence-corrected chi connectivity index (χ0v) is 20.1. The molecule has 30 heavy (non-hydrogen) atoms. The lowest BCUT2D eigenvalue weighted by molar-refractivity contribution is 0.0342. The van der Waals surface area contributed by atoms with Gasteiger partial charge in [-0.15, -0.1) is 24.0 Å². The van der Waals surface area contributed by atoms with Crippen molar-refractivity contribution in [1.82, 2.24) is 15.1 Å². The fourth-order valence-electron chi connectivity index (χ4n) is 4.32. The highest BCUT2D eigenvalue weighted by Gasteiger charge is 2.25. The van der Waals surface area contributed by atoms with Crippen molar-refractivity contribution in [2.24, 2.45) is 4.99 Å². The van der Waals surface area contributed by atoms with E-state index >= 15 is 0 Å². The molecule has 4 rings (SSSR count). The Kier molecular flexibility index (Phi) is 8.96. The van der Waals surface area contributed by atoms with Crippen molar-refractivity contribution in [2.45, 2.75) is 25.4 Å². The van der Waals surface area contributed by atoms with E-state index in [1.165, 1.54) is 23.1 Å². The first-order valence-corrected chi connectivity index (χ1v) is 10.7. The Labute approximate surface area is 197 Å². The largest absolute Gasteiger partial charge is 0.379 e. The van der Waals surface area contributed by atoms with E-state index in [9.17, 15) is 0 Å². The fourth-order valence-corrected chi connectivity index (χ4v) is 4.32. The van der Waals surface area contributed by atoms with Crippen molar-refractivity contribution in [3.63, 3.8) is 0 Å². The molecule has 2 aromatic carbocycles. The summed E-state index contributed by atoms with van der Waals surface area (Å²) in [4.78, 5) is 9.38. The van der Waals surface area contributed by atoms with Gasteiger partial charge in [0.05, 0.1) is 13.2 Å². The molecule has 0 radical (unpaired) electrons. The van der Waals surface area contributed by atoms with E-state index in [4.69, 9.17) is 4.74 Å². The summed E-state index contributed by atoms with van der Waals surface area (Å²) >= 11 is 0. The lowest BCUT2D eigenvalue weighted by atomic mass is 9.99. The minimum absolute atomic E-state index is 0. The maximum Gasteiger partial charge on any atom is 0.193 e. The van der Waals surface area contributed by atoms with E-state index in [1.807, 2.05) is 7.05 Å². The Morgan fingerprint density at radius 1 is 1.03 bits per heavy atom. The van der Waals surface area contributed by atoms with Gasteiger partial charge in [-0.2, -0.15) is 0 Å². The first-order valence-electron chi connectivity index (χ1n) is 10.7. The molecule has 2 saturated heterocycles. The minimum Gasteiger partial charge on any atom is -0.379 e. The van der Waals surface area contributed by atoms with E-state index in [1.54, 1.807) is 0 Å². The second kappa shape index (κ2) is 11.7. The van der Waals surface area contributed by atoms with Gasteiger partial charge in [0.15, 0.2) is 5.96 Å². The van der Waals surface area contributed by atoms with Crippen LogP contribution >= 0.6 is 24.0 Å². The average molecular weight is 520 g/mol. The number of rotatable bonds is 5. The first kappa shape index (κ1) is 23.0. The Morgan fingerprint density at radius 3 is 2.57 bits per heavy atom. The molecular formula is C24H33IN4O. The monoisotopic (exact) mass is 520 g/mol. The van der Waals surface area contributed by atoms with Gasteiger partial charge in [0.25, 0.3) is 0 Å². The number of guanidine groups is 1. The van der Waals surface area contributed by atoms with E-state index in [0.29, 0.717) is 5.92 Å². The minimum atomic E-state index is 0. The summed E-state index contributed by atoms with van der Waals surface area (Å²) in [5.41, 5.74) is 4.10. The Balaban J connectivity index is 0.00000256. The summed E-state index contributed by atoms with van der Waals surface area (Å²) in [6.45, 7) is 7.61. The quantitative estimate of drug-likeness (QED) is 0.371. The predicted octanol–water partition coefficient (Wildman–Crippen LogP) is 3.70. The number of halogens is 1. The van der Waals surface area contributed by atoms with Gasteiger partial charge in [0.2, 0.25) is 0 Å². The van der Waals surface area contributed by atoms with Gasteiger partial charge in [0, 0.05) is 52.2 Å². The van der Waals surface area contributed by atoms with Crippen LogP contribution < -0.4 is 5.32 Å². The molecule has 2 heterocycles. The lowest BCUT2D eigenvalue weighted by Crippen LogP contribution is -2.39. The van der Waals surface area contributed by atoms with Crippen LogP contribution in [0.5, 0.6) is 0 Å². The summed E-state index contributed by atoms with van der Waals surface area (Å²) in [7, 11) is 1.88. The van der Waals surface area contributed by atoms with Gasteiger partial charge in [-0.05, 0) is 23.1 Å². The van der Waals surface area contributed by atoms with Crippen molar-refractivity contribution in [1.29, 1.82) is 0 Å². The van der Waals surface area contributed by atoms with Gasteiger partial charge < -0.3 is 15.0 Å². The number of hydrogen-bond donors (Lipinski definition) is 1. The number of likely N-dealkylation sites (tertiary alicyclic amines) is 1. The second-order valence-corrected chi connectivity index (χ2v) is 7.95. The third kappa shape index (κ3) is 6.18. The fraction of sp³-hybridized carbons (Fsp3) is 0.458. The lowest BCUT2D eigenvalue weighted by Gasteiger charge is -2.26. The summed E-state index contributed by atoms with van der Waals surface area (Å²) in [5.74, 6) is 1.59. The van der Waals surface area contributed by atoms with Crippen LogP contribution in [-0.4, -0.2) is 62.2 Å². The van der Waals surface area contributed by atoms with Crippen LogP contribution in [0.2, 0.25) is 0 Å². The molecule has 5 nitrogen and oxygen atoms in total. The molecule has 2 fully saturated rings. The maximum atomic E-state index is 5.45. The molecule has 0 saturated carbocycles. The highest BCUT2D eigenvalue weighted by atomic mass is 127. The van der Waals surface area contributed by atoms with Gasteiger partial charge >= 0.3 is 0 Å². The number of morpholine rings is 1. The maximum absolute atomic E-state index is 5.45. The van der Waals surface area contributed by atoms with Crippen molar-refractivity contribution in [3.05, 3.63) is 71.3 Å². The van der Waals surface area contributed by atoms with Crippen LogP contribution in [0, 0.1) is 0 Å². The van der Waals surface area contributed by atoms with Gasteiger partial charge in [-0.3, -0.25) is 9.89 Å². The second-order valence-electron chi connectivity index (χ2n) is 7.95. The summed E-state index contributed by atoms with van der Waals surface area (Å²) in [6.07, 6.45) is 1.18. The third-order valence-electron chi connectivity index (χ3n) is 5.92. The summed E-state index contributed by atoms with van der Waals surface area (Å²) in [6, 6.07) is 19.7. The molecular weight excluding hydrogens is 487 g/mol. The van der Waals surface area contributed by atoms with E-state index in [2.05, 4.69) is 74.7 Å². The number of hydrogen-bond acceptors (Lipinski definition) is 3. The Morgan fingerprint density at radius 2 is 1.80 bits per heavy atom. The van der Waals surface area contributed by atoms with Crippen LogP contribution in [0.25, 0.3) is 0 Å². The van der Waals surface area contributed by atoms with Crippen molar-refractivity contribution < 1.29 is 4.74 Å². The number of aliphatic imine (C=N–C) groups is 1. The molecule has 0 aliphatic carbocycles. The molecule has 162 valence electrons. The number of ether oxygens (including phenoxy) is 1. The molecule has 2 aromatic rings. The predicted molar refractivity (Wildman–Crippen MR) is 134 cm³/mol. The van der Waals surface area contributed by atoms with E-state index in [-0.39, 0.29) is 24.0 Å². The first-order chi connectivity index (χ1) is 14.3. The van der Waals surface area contributed by atoms with Crippen LogP contribution in [-0.2, 0) is 17.8 Å². The van der Waals surface area contributed by atoms with Gasteiger partial charge in [-0.1, -0.05) is 54.6 Å². The van der Waals surface area contributed by atoms with Gasteiger partial charge in [-0.25, -0.2) is 0 Å². The van der Waals surface area contributed by atoms with Gasteiger partial charge in [0.1, 0.15) is 0 Å². The SMILES string of the molecule is CN=C(NCc1cccc(CN2CCOCC2)c1)N1CCC(c2ccccc2)C1.I. The Bertz CT molecular complexity index is 808. The van der Waals surface area contributed by atoms with Crippen LogP contribution in [0.4, 0.5) is 0 Å². The zero-order valence-electron chi connectivity index (χ0n) is 17.8. The molecule has 1 unspecified atom stereocenters. The van der Waals surface area contributed by atoms with Crippen molar-refractivity contribution in [2.75, 3.05) is 46.4 Å². The zero-order chi connectivity index (χ0) is 19.9. The summed E-state index contributed by atoms with van der Waals surface area (Å²) in [5, 5.41) is 3.57. The normalized spacial score (nSPS) is 20.1. The Hall–Kier alpha value is -1.64. The number of nitrogens with zero attached hydrogens (tertiary/aromatic N) is 3. The third-order valence-corrected chi connectivity index (χ3v) is 5.92. The highest BCUT2D eigenvalue weighted by Crippen LogP contribution is 2.26. The van der Waals surface area contributed by atoms with Crippen molar-refractivity contribution >= 4 is 29.9 Å². The molecule has 1 atom stereocenters. The standard InChI is InChI=1S/C24H32N4O.HI/c1-25-24(28-11-10-23(19-28)22-8-3-2-4-9-22)26-17-20-6-5-7-21(16-20)18-27-12-14-29-15-13-27;/h2-9,16,23H,10-15,17-19H2,1H3,(H,25,26);1H. The molecule has 0 aromatic heterocycles. The average Bonchev–Trinajstić information content (AvgIpc) is 3.26. The molecule has 0 amide bonds. The number of nitrogens with one attached hydrogen (secondary N) is 1. The topological polar surface area (TPSA) is 40.1 Å².